The average Bonchev–Trinajstić information content (AvgIpc) is 1.63. The fourth-order valence-corrected chi connectivity index (χ4v) is 14.5. The zero-order valence-corrected chi connectivity index (χ0v) is 84.5. The van der Waals surface area contributed by atoms with E-state index in [-0.39, 0.29) is 124 Å². The van der Waals surface area contributed by atoms with Gasteiger partial charge in [-0.25, -0.2) is 69.4 Å². The van der Waals surface area contributed by atoms with Gasteiger partial charge in [-0.05, 0) is 133 Å². The number of nitrogens with zero attached hydrogens (tertiary/aromatic N) is 23. The van der Waals surface area contributed by atoms with Gasteiger partial charge >= 0.3 is 11.9 Å². The van der Waals surface area contributed by atoms with Gasteiger partial charge in [0.25, 0.3) is 0 Å². The van der Waals surface area contributed by atoms with E-state index in [0.717, 1.165) is 55.2 Å². The fourth-order valence-electron chi connectivity index (χ4n) is 14.5. The van der Waals surface area contributed by atoms with Gasteiger partial charge in [0.1, 0.15) is 5.69 Å². The van der Waals surface area contributed by atoms with E-state index < -0.39 is 11.9 Å². The van der Waals surface area contributed by atoms with Crippen LogP contribution in [0.5, 0.6) is 0 Å². The molecule has 0 aliphatic rings. The van der Waals surface area contributed by atoms with Gasteiger partial charge in [0.15, 0.2) is 5.69 Å². The Morgan fingerprint density at radius 3 is 0.766 bits per heavy atom. The van der Waals surface area contributed by atoms with Gasteiger partial charge in [-0.1, -0.05) is 125 Å². The summed E-state index contributed by atoms with van der Waals surface area (Å²) in [6.45, 7) is 5.10. The Labute approximate surface area is 851 Å². The van der Waals surface area contributed by atoms with Crippen molar-refractivity contribution < 1.29 is 131 Å². The van der Waals surface area contributed by atoms with Crippen molar-refractivity contribution in [3.8, 4) is 41.3 Å². The first-order valence-electron chi connectivity index (χ1n) is 41.3. The van der Waals surface area contributed by atoms with Gasteiger partial charge in [-0.3, -0.25) is 20.1 Å². The van der Waals surface area contributed by atoms with Gasteiger partial charge in [0.05, 0.1) is 30.3 Å². The molecule has 14 aromatic heterocycles. The number of aryl methyl sites for hydroxylation is 1. The number of benzene rings is 10. The molecule has 0 spiro atoms. The number of aliphatic hydroxyl groups is 2. The maximum absolute atomic E-state index is 10.1. The molecule has 24 aromatic rings. The number of hydrogen-bond acceptors (Lipinski definition) is 21. The van der Waals surface area contributed by atoms with Gasteiger partial charge in [-0.2, -0.15) is 121 Å². The topological polar surface area (TPSA) is 373 Å². The normalized spacial score (nSPS) is 10.8. The number of para-hydroxylation sites is 10. The molecular weight excluding hydrogens is 2620 g/mol. The number of hydrogen-bond donors (Lipinski definition) is 4. The molecule has 691 valence electrons. The van der Waals surface area contributed by atoms with Crippen molar-refractivity contribution in [2.75, 3.05) is 0 Å². The maximum Gasteiger partial charge on any atom is 0.356 e. The Bertz CT molecular complexity index is 6760. The van der Waals surface area contributed by atoms with Crippen molar-refractivity contribution >= 4 is 121 Å². The van der Waals surface area contributed by atoms with Crippen molar-refractivity contribution in [2.24, 2.45) is 0 Å². The maximum atomic E-state index is 10.1. The van der Waals surface area contributed by atoms with Crippen LogP contribution in [-0.2, 0) is 101 Å². The molecule has 0 fully saturated rings. The van der Waals surface area contributed by atoms with E-state index >= 15 is 0 Å². The molecule has 14 heterocycles. The summed E-state index contributed by atoms with van der Waals surface area (Å²) in [7, 11) is 0. The summed E-state index contributed by atoms with van der Waals surface area (Å²) in [6, 6.07) is 102. The predicted octanol–water partition coefficient (Wildman–Crippen LogP) is 18.1. The standard InChI is InChI=1S/5C16H10N3.C7H6N5.C6H5NO2.C5H4N2O2.C5H12O2.5Ir/c5*1-3-8-14-12(6-1)13-7-2-4-9-15(13)19(14)16-17-10-5-11-18-16;1-5-10-7(12-11-5)6-4-8-2-3-9-6;8-6(9)5-3-1-2-4-7-5;8-5(9)4-3-6-1-2-7-4;1-4(6)3-5(2)7;;;;;/h5*1-8,10-11H;2-4H,1H3;1-4H,(H,8,9);1-3H,(H,8,9);4-7H,3H2,1-2H3;;;;;/q6*-1;;;;;;;;. The van der Waals surface area contributed by atoms with E-state index in [4.69, 9.17) is 20.4 Å². The monoisotopic (exact) mass is 2700 g/mol. The number of carboxylic acid groups (broad SMARTS) is 2. The van der Waals surface area contributed by atoms with Crippen LogP contribution in [-0.4, -0.2) is 152 Å². The van der Waals surface area contributed by atoms with Crippen molar-refractivity contribution in [3.63, 3.8) is 0 Å². The second-order valence-corrected chi connectivity index (χ2v) is 28.8. The second-order valence-electron chi connectivity index (χ2n) is 28.8. The molecule has 29 nitrogen and oxygen atoms in total. The number of aromatic carboxylic acids is 2. The Hall–Kier alpha value is -14.8. The van der Waals surface area contributed by atoms with Crippen LogP contribution in [0.1, 0.15) is 47.1 Å². The largest absolute Gasteiger partial charge is 0.477 e. The molecule has 0 aliphatic carbocycles. The van der Waals surface area contributed by atoms with Crippen LogP contribution in [0.2, 0.25) is 0 Å². The molecule has 0 amide bonds. The third-order valence-corrected chi connectivity index (χ3v) is 19.9. The van der Waals surface area contributed by atoms with Crippen LogP contribution in [0.4, 0.5) is 0 Å². The van der Waals surface area contributed by atoms with Crippen LogP contribution in [0.15, 0.2) is 366 Å². The zero-order chi connectivity index (χ0) is 90.9. The molecule has 2 unspecified atom stereocenters. The van der Waals surface area contributed by atoms with E-state index in [9.17, 15) is 9.59 Å². The molecule has 2 atom stereocenters. The summed E-state index contributed by atoms with van der Waals surface area (Å²) >= 11 is 0. The minimum atomic E-state index is -1.05. The Morgan fingerprint density at radius 2 is 0.555 bits per heavy atom. The van der Waals surface area contributed by atoms with Crippen molar-refractivity contribution in [2.45, 2.75) is 39.4 Å². The summed E-state index contributed by atoms with van der Waals surface area (Å²) < 4.78 is 10.2. The van der Waals surface area contributed by atoms with E-state index in [0.29, 0.717) is 53.5 Å². The molecule has 4 N–H and O–H groups in total. The summed E-state index contributed by atoms with van der Waals surface area (Å²) in [5, 5.41) is 53.2. The van der Waals surface area contributed by atoms with Gasteiger partial charge in [0, 0.05) is 227 Å². The number of aromatic nitrogens is 23. The van der Waals surface area contributed by atoms with Crippen molar-refractivity contribution in [3.05, 3.63) is 414 Å². The molecule has 0 saturated carbocycles. The Kier molecular flexibility index (Phi) is 37.8. The molecular formula is C103H77Ir5N23O6-6. The zero-order valence-electron chi connectivity index (χ0n) is 72.6. The predicted molar refractivity (Wildman–Crippen MR) is 505 cm³/mol. The molecule has 0 aliphatic heterocycles. The molecule has 137 heavy (non-hydrogen) atoms. The summed E-state index contributed by atoms with van der Waals surface area (Å²) in [4.78, 5) is 86.4. The second kappa shape index (κ2) is 50.5. The molecule has 5 radical (unpaired) electrons. The number of carbonyl (C=O) groups is 2. The first kappa shape index (κ1) is 103. The number of pyridine rings is 1. The van der Waals surface area contributed by atoms with Crippen LogP contribution in [0.3, 0.4) is 0 Å². The Balaban J connectivity index is 0.000000150. The van der Waals surface area contributed by atoms with E-state index in [1.54, 1.807) is 113 Å². The molecule has 0 saturated heterocycles. The molecule has 10 aromatic carbocycles. The van der Waals surface area contributed by atoms with Crippen molar-refractivity contribution in [1.29, 1.82) is 0 Å². The minimum Gasteiger partial charge on any atom is -0.477 e. The Morgan fingerprint density at radius 1 is 0.299 bits per heavy atom. The molecule has 0 bridgehead atoms. The first-order valence-corrected chi connectivity index (χ1v) is 41.3. The number of rotatable bonds is 10. The SMILES string of the molecule is CC(O)CC(C)O.Cc1n[n-]c(-c2cnccn2)n1.O=C(O)c1ccccn1.O=C(O)c1cnccn1.[Ir].[Ir].[Ir].[Ir].[Ir].[c-]1cccc2c3ccccc3n(-c3ncccn3)c12.[c-]1cccc2c3ccccc3n(-c3ncccn3)c12.[c-]1cccc2c3ccccc3n(-c3ncccn3)c12.[c-]1cccc2c3ccccc3n(-c3ncccn3)c12.[c-]1cccc2c3ccccc3n(-c3ncccn3)c12. The quantitative estimate of drug-likeness (QED) is 0.0924. The van der Waals surface area contributed by atoms with Crippen LogP contribution < -0.4 is 5.10 Å². The third-order valence-electron chi connectivity index (χ3n) is 19.9. The summed E-state index contributed by atoms with van der Waals surface area (Å²) in [6.07, 6.45) is 27.5. The molecule has 24 rings (SSSR count). The minimum absolute atomic E-state index is 0. The van der Waals surface area contributed by atoms with E-state index in [1.807, 2.05) is 174 Å². The summed E-state index contributed by atoms with van der Waals surface area (Å²) in [5.41, 5.74) is 11.3. The van der Waals surface area contributed by atoms with Crippen LogP contribution in [0.25, 0.3) is 150 Å². The first-order chi connectivity index (χ1) is 64.8. The number of aliphatic hydroxyl groups excluding tert-OH is 2. The van der Waals surface area contributed by atoms with Crippen LogP contribution in [0, 0.1) is 37.3 Å². The number of fused-ring (bicyclic) bond motifs is 15. The van der Waals surface area contributed by atoms with E-state index in [2.05, 4.69) is 211 Å². The van der Waals surface area contributed by atoms with E-state index in [1.165, 1.54) is 84.7 Å². The van der Waals surface area contributed by atoms with Gasteiger partial charge in [0.2, 0.25) is 29.7 Å². The average molecular weight is 2690 g/mol. The molecule has 34 heteroatoms. The van der Waals surface area contributed by atoms with Gasteiger partial charge < -0.3 is 53.3 Å². The third kappa shape index (κ3) is 24.7. The van der Waals surface area contributed by atoms with Crippen LogP contribution >= 0.6 is 0 Å². The smallest absolute Gasteiger partial charge is 0.356 e. The fraction of sp³-hybridized carbons (Fsp3) is 0.0583. The summed E-state index contributed by atoms with van der Waals surface area (Å²) in [5.74, 6) is 2.52. The number of carboxylic acids is 2. The van der Waals surface area contributed by atoms with Crippen molar-refractivity contribution in [1.82, 2.24) is 113 Å². The van der Waals surface area contributed by atoms with Gasteiger partial charge in [-0.15, -0.1) is 26.9 Å².